The van der Waals surface area contributed by atoms with Crippen LogP contribution in [-0.2, 0) is 32.5 Å². The summed E-state index contributed by atoms with van der Waals surface area (Å²) in [4.78, 5) is 9.45. The van der Waals surface area contributed by atoms with Crippen LogP contribution in [-0.4, -0.2) is 11.9 Å². The Hall–Kier alpha value is -5.65. The second-order valence-corrected chi connectivity index (χ2v) is 28.4. The molecular weight excluding hydrogens is 902 g/mol. The summed E-state index contributed by atoms with van der Waals surface area (Å²) in [6, 6.07) is 57.5. The number of anilines is 8. The molecule has 0 radical (unpaired) electrons. The number of nitrogens with zero attached hydrogens (tertiary/aromatic N) is 3. The van der Waals surface area contributed by atoms with Crippen molar-refractivity contribution in [1.82, 2.24) is 0 Å². The van der Waals surface area contributed by atoms with Gasteiger partial charge in [0.25, 0.3) is 0 Å². The lowest BCUT2D eigenvalue weighted by molar-refractivity contribution is 0.332. The molecular formula is C68H76BN3S. The van der Waals surface area contributed by atoms with E-state index in [9.17, 15) is 0 Å². The molecule has 2 aliphatic carbocycles. The van der Waals surface area contributed by atoms with Crippen LogP contribution in [0.2, 0.25) is 0 Å². The molecule has 5 aliphatic rings. The van der Waals surface area contributed by atoms with Crippen molar-refractivity contribution in [3.05, 3.63) is 185 Å². The Balaban J connectivity index is 1.23. The zero-order valence-corrected chi connectivity index (χ0v) is 47.0. The maximum atomic E-state index is 2.85. The largest absolute Gasteiger partial charge is 0.334 e. The summed E-state index contributed by atoms with van der Waals surface area (Å²) < 4.78 is 0. The van der Waals surface area contributed by atoms with Gasteiger partial charge < -0.3 is 14.7 Å². The molecule has 0 amide bonds. The van der Waals surface area contributed by atoms with Crippen LogP contribution in [0.25, 0.3) is 0 Å². The van der Waals surface area contributed by atoms with Gasteiger partial charge >= 0.3 is 0 Å². The minimum atomic E-state index is 0.000743. The van der Waals surface area contributed by atoms with Gasteiger partial charge in [0, 0.05) is 49.9 Å². The average molecular weight is 978 g/mol. The molecule has 12 rings (SSSR count). The number of hydrogen-bond donors (Lipinski definition) is 0. The van der Waals surface area contributed by atoms with Crippen molar-refractivity contribution in [3.8, 4) is 0 Å². The van der Waals surface area contributed by atoms with Crippen LogP contribution in [0.5, 0.6) is 0 Å². The monoisotopic (exact) mass is 978 g/mol. The first-order valence-corrected chi connectivity index (χ1v) is 28.2. The predicted octanol–water partition coefficient (Wildman–Crippen LogP) is 17.7. The van der Waals surface area contributed by atoms with Crippen LogP contribution in [0.1, 0.15) is 168 Å². The Kier molecular flexibility index (Phi) is 10.9. The number of hydrogen-bond acceptors (Lipinski definition) is 4. The number of thioether (sulfide) groups is 1. The summed E-state index contributed by atoms with van der Waals surface area (Å²) in [5, 5.41) is 0.212. The van der Waals surface area contributed by atoms with E-state index in [1.807, 2.05) is 0 Å². The van der Waals surface area contributed by atoms with E-state index in [2.05, 4.69) is 269 Å². The minimum Gasteiger partial charge on any atom is -0.334 e. The smallest absolute Gasteiger partial charge is 0.233 e. The normalized spacial score (nSPS) is 20.5. The Morgan fingerprint density at radius 2 is 0.986 bits per heavy atom. The van der Waals surface area contributed by atoms with Gasteiger partial charge in [0.05, 0.1) is 11.7 Å². The molecule has 0 saturated carbocycles. The van der Waals surface area contributed by atoms with E-state index in [4.69, 9.17) is 0 Å². The summed E-state index contributed by atoms with van der Waals surface area (Å²) in [5.41, 5.74) is 23.2. The van der Waals surface area contributed by atoms with Gasteiger partial charge in [-0.3, -0.25) is 0 Å². The molecule has 0 saturated heterocycles. The minimum absolute atomic E-state index is 0.000743. The molecule has 372 valence electrons. The topological polar surface area (TPSA) is 9.72 Å². The quantitative estimate of drug-likeness (QED) is 0.159. The highest BCUT2D eigenvalue weighted by Gasteiger charge is 2.55. The molecule has 2 unspecified atom stereocenters. The fraction of sp³-hybridized carbons (Fsp3) is 0.382. The van der Waals surface area contributed by atoms with Gasteiger partial charge in [-0.05, 0) is 181 Å². The van der Waals surface area contributed by atoms with Crippen molar-refractivity contribution in [3.63, 3.8) is 0 Å². The van der Waals surface area contributed by atoms with Crippen LogP contribution >= 0.6 is 11.8 Å². The molecule has 0 bridgehead atoms. The van der Waals surface area contributed by atoms with E-state index in [1.165, 1.54) is 109 Å². The summed E-state index contributed by atoms with van der Waals surface area (Å²) in [6.07, 6.45) is 4.70. The SMILES string of the molecule is CC(C)(C)c1ccc(N2c3cc4c(cc3B3c5c2cc(N(c2ccccc2)c2ccccc2)cc5N(c2ccc5c(c2)C(C)(C)CCC5(C)C)C2c5cc(C(C)(C)C)ccc5SC32)C(C)(C)CCC4(C)C)cc1. The lowest BCUT2D eigenvalue weighted by Crippen LogP contribution is -2.63. The van der Waals surface area contributed by atoms with Crippen LogP contribution in [0.4, 0.5) is 45.5 Å². The van der Waals surface area contributed by atoms with Crippen LogP contribution in [0, 0.1) is 0 Å². The first-order valence-electron chi connectivity index (χ1n) is 27.4. The Morgan fingerprint density at radius 1 is 0.479 bits per heavy atom. The highest BCUT2D eigenvalue weighted by Crippen LogP contribution is 2.60. The zero-order valence-electron chi connectivity index (χ0n) is 46.2. The van der Waals surface area contributed by atoms with E-state index in [0.717, 1.165) is 17.1 Å². The van der Waals surface area contributed by atoms with Gasteiger partial charge in [-0.1, -0.05) is 170 Å². The van der Waals surface area contributed by atoms with E-state index in [-0.39, 0.29) is 50.4 Å². The molecule has 0 spiro atoms. The maximum absolute atomic E-state index is 2.85. The van der Waals surface area contributed by atoms with E-state index in [1.54, 1.807) is 0 Å². The lowest BCUT2D eigenvalue weighted by Gasteiger charge is -2.51. The number of rotatable bonds is 5. The van der Waals surface area contributed by atoms with Gasteiger partial charge in [-0.15, -0.1) is 11.8 Å². The molecule has 0 N–H and O–H groups in total. The van der Waals surface area contributed by atoms with Gasteiger partial charge in [0.1, 0.15) is 0 Å². The molecule has 3 nitrogen and oxygen atoms in total. The lowest BCUT2D eigenvalue weighted by atomic mass is 9.33. The molecule has 73 heavy (non-hydrogen) atoms. The molecule has 5 heteroatoms. The first-order chi connectivity index (χ1) is 34.4. The zero-order chi connectivity index (χ0) is 51.4. The second-order valence-electron chi connectivity index (χ2n) is 27.1. The Labute approximate surface area is 442 Å². The van der Waals surface area contributed by atoms with Crippen molar-refractivity contribution in [1.29, 1.82) is 0 Å². The van der Waals surface area contributed by atoms with E-state index < -0.39 is 0 Å². The molecule has 7 aromatic carbocycles. The summed E-state index contributed by atoms with van der Waals surface area (Å²) in [6.45, 7) is 34.1. The fourth-order valence-corrected chi connectivity index (χ4v) is 15.1. The number of fused-ring (bicyclic) bond motifs is 8. The van der Waals surface area contributed by atoms with Crippen molar-refractivity contribution >= 4 is 74.9 Å². The standard InChI is InChI=1S/C68H76BN3S/c1-63(2,3)43-25-28-47(29-26-43)71-56-42-54-53(67(11,12)35-36-68(54,13)14)41-55(56)69-60-57(71)39-49(70(45-21-17-15-18-22-45)46-23-19-16-20-24-46)40-58(60)72(48-30-31-51-52(38-48)66(9,10)34-33-65(51,7)8)61-50-37-44(64(4,5)6)27-32-59(50)73-62(61)69/h15-32,37-42,61-62H,33-36H2,1-14H3. The van der Waals surface area contributed by atoms with Gasteiger partial charge in [0.15, 0.2) is 0 Å². The molecule has 7 aromatic rings. The van der Waals surface area contributed by atoms with E-state index in [0.29, 0.717) is 0 Å². The third-order valence-corrected chi connectivity index (χ3v) is 19.7. The molecule has 2 atom stereocenters. The maximum Gasteiger partial charge on any atom is 0.233 e. The van der Waals surface area contributed by atoms with Crippen molar-refractivity contribution in [2.24, 2.45) is 0 Å². The molecule has 0 aromatic heterocycles. The molecule has 0 fully saturated rings. The highest BCUT2D eigenvalue weighted by molar-refractivity contribution is 8.02. The number of benzene rings is 7. The predicted molar refractivity (Wildman–Crippen MR) is 316 cm³/mol. The second kappa shape index (κ2) is 16.4. The average Bonchev–Trinajstić information content (AvgIpc) is 3.73. The summed E-state index contributed by atoms with van der Waals surface area (Å²) in [7, 11) is 0. The first kappa shape index (κ1) is 48.3. The van der Waals surface area contributed by atoms with Gasteiger partial charge in [-0.25, -0.2) is 0 Å². The number of para-hydroxylation sites is 2. The van der Waals surface area contributed by atoms with Crippen LogP contribution < -0.4 is 25.6 Å². The van der Waals surface area contributed by atoms with Gasteiger partial charge in [0.2, 0.25) is 6.71 Å². The third kappa shape index (κ3) is 7.75. The Morgan fingerprint density at radius 3 is 1.56 bits per heavy atom. The van der Waals surface area contributed by atoms with Crippen molar-refractivity contribution in [2.45, 2.75) is 171 Å². The molecule has 3 aliphatic heterocycles. The van der Waals surface area contributed by atoms with Crippen molar-refractivity contribution < 1.29 is 0 Å². The summed E-state index contributed by atoms with van der Waals surface area (Å²) in [5.74, 6) is 0. The summed E-state index contributed by atoms with van der Waals surface area (Å²) >= 11 is 2.14. The van der Waals surface area contributed by atoms with Gasteiger partial charge in [-0.2, -0.15) is 0 Å². The fourth-order valence-electron chi connectivity index (χ4n) is 13.6. The van der Waals surface area contributed by atoms with E-state index >= 15 is 0 Å². The van der Waals surface area contributed by atoms with Crippen LogP contribution in [0.3, 0.4) is 0 Å². The third-order valence-electron chi connectivity index (χ3n) is 18.3. The van der Waals surface area contributed by atoms with Crippen LogP contribution in [0.15, 0.2) is 150 Å². The Bertz CT molecular complexity index is 3280. The molecule has 3 heterocycles. The highest BCUT2D eigenvalue weighted by atomic mass is 32.2. The van der Waals surface area contributed by atoms with Crippen molar-refractivity contribution in [2.75, 3.05) is 14.7 Å².